The van der Waals surface area contributed by atoms with Crippen LogP contribution in [0.5, 0.6) is 5.75 Å². The Kier molecular flexibility index (Phi) is 3.44. The Morgan fingerprint density at radius 2 is 2.10 bits per heavy atom. The normalized spacial score (nSPS) is 10.8. The number of pyridine rings is 1. The maximum absolute atomic E-state index is 12.6. The van der Waals surface area contributed by atoms with Crippen molar-refractivity contribution in [3.8, 4) is 17.1 Å². The quantitative estimate of drug-likeness (QED) is 0.689. The molecule has 0 bridgehead atoms. The SMILES string of the molecule is COc1cccc(C(=O)Cn2cccc3ccnc2-3)c1C. The number of ether oxygens (including phenoxy) is 1. The molecule has 0 aliphatic carbocycles. The maximum Gasteiger partial charge on any atom is 0.182 e. The van der Waals surface area contributed by atoms with Crippen molar-refractivity contribution < 1.29 is 9.53 Å². The van der Waals surface area contributed by atoms with E-state index in [0.29, 0.717) is 5.56 Å². The van der Waals surface area contributed by atoms with Crippen LogP contribution in [-0.2, 0) is 6.54 Å². The predicted molar refractivity (Wildman–Crippen MR) is 80.9 cm³/mol. The fourth-order valence-corrected chi connectivity index (χ4v) is 2.53. The zero-order valence-electron chi connectivity index (χ0n) is 12.0. The van der Waals surface area contributed by atoms with E-state index in [1.807, 2.05) is 54.1 Å². The number of hydrogen-bond donors (Lipinski definition) is 0. The molecule has 0 spiro atoms. The van der Waals surface area contributed by atoms with Crippen LogP contribution in [0.2, 0.25) is 0 Å². The summed E-state index contributed by atoms with van der Waals surface area (Å²) < 4.78 is 7.14. The van der Waals surface area contributed by atoms with E-state index in [1.165, 1.54) is 0 Å². The summed E-state index contributed by atoms with van der Waals surface area (Å²) >= 11 is 0. The van der Waals surface area contributed by atoms with Crippen molar-refractivity contribution in [2.75, 3.05) is 7.11 Å². The molecule has 0 amide bonds. The third-order valence-electron chi connectivity index (χ3n) is 3.64. The molecule has 2 aliphatic heterocycles. The highest BCUT2D eigenvalue weighted by Crippen LogP contribution is 2.23. The van der Waals surface area contributed by atoms with E-state index in [-0.39, 0.29) is 12.3 Å². The summed E-state index contributed by atoms with van der Waals surface area (Å²) in [6, 6.07) is 11.4. The molecule has 0 unspecified atom stereocenters. The van der Waals surface area contributed by atoms with Crippen LogP contribution < -0.4 is 4.74 Å². The Labute approximate surface area is 123 Å². The average Bonchev–Trinajstić information content (AvgIpc) is 2.97. The minimum atomic E-state index is 0.0481. The Hall–Kier alpha value is -2.62. The molecule has 2 aliphatic rings. The molecule has 0 N–H and O–H groups in total. The molecule has 2 heterocycles. The fourth-order valence-electron chi connectivity index (χ4n) is 2.53. The lowest BCUT2D eigenvalue weighted by molar-refractivity contribution is 0.0971. The minimum absolute atomic E-state index is 0.0481. The summed E-state index contributed by atoms with van der Waals surface area (Å²) in [5.41, 5.74) is 2.59. The first kappa shape index (κ1) is 13.4. The summed E-state index contributed by atoms with van der Waals surface area (Å²) in [5.74, 6) is 1.61. The van der Waals surface area contributed by atoms with Crippen molar-refractivity contribution in [2.24, 2.45) is 0 Å². The first-order chi connectivity index (χ1) is 10.2. The second kappa shape index (κ2) is 5.40. The summed E-state index contributed by atoms with van der Waals surface area (Å²) in [5, 5.41) is 0. The van der Waals surface area contributed by atoms with Crippen molar-refractivity contribution in [1.29, 1.82) is 0 Å². The molecule has 3 rings (SSSR count). The number of carbonyl (C=O) groups is 1. The first-order valence-electron chi connectivity index (χ1n) is 6.77. The van der Waals surface area contributed by atoms with Crippen LogP contribution in [0.3, 0.4) is 0 Å². The molecule has 1 aromatic carbocycles. The molecule has 4 heteroatoms. The van der Waals surface area contributed by atoms with Crippen molar-refractivity contribution in [1.82, 2.24) is 9.55 Å². The highest BCUT2D eigenvalue weighted by Gasteiger charge is 2.15. The topological polar surface area (TPSA) is 44.1 Å². The molecular weight excluding hydrogens is 264 g/mol. The second-order valence-electron chi connectivity index (χ2n) is 4.92. The third-order valence-corrected chi connectivity index (χ3v) is 3.64. The van der Waals surface area contributed by atoms with Gasteiger partial charge in [-0.3, -0.25) is 4.79 Å². The van der Waals surface area contributed by atoms with E-state index >= 15 is 0 Å². The van der Waals surface area contributed by atoms with Gasteiger partial charge in [0.15, 0.2) is 5.78 Å². The van der Waals surface area contributed by atoms with Gasteiger partial charge < -0.3 is 9.30 Å². The zero-order chi connectivity index (χ0) is 14.8. The van der Waals surface area contributed by atoms with E-state index < -0.39 is 0 Å². The molecule has 0 saturated heterocycles. The zero-order valence-corrected chi connectivity index (χ0v) is 12.0. The van der Waals surface area contributed by atoms with Crippen LogP contribution in [-0.4, -0.2) is 22.4 Å². The summed E-state index contributed by atoms with van der Waals surface area (Å²) in [4.78, 5) is 16.9. The molecule has 0 aromatic heterocycles. The van der Waals surface area contributed by atoms with Crippen LogP contribution >= 0.6 is 0 Å². The van der Waals surface area contributed by atoms with E-state index in [1.54, 1.807) is 13.3 Å². The molecule has 0 atom stereocenters. The molecule has 106 valence electrons. The van der Waals surface area contributed by atoms with Crippen LogP contribution in [0.15, 0.2) is 48.8 Å². The van der Waals surface area contributed by atoms with Crippen LogP contribution in [0.1, 0.15) is 15.9 Å². The predicted octanol–water partition coefficient (Wildman–Crippen LogP) is 3.19. The van der Waals surface area contributed by atoms with E-state index in [9.17, 15) is 4.79 Å². The molecular formula is C17H16N2O2. The third kappa shape index (κ3) is 2.40. The van der Waals surface area contributed by atoms with Gasteiger partial charge in [0, 0.05) is 29.1 Å². The number of hydrogen-bond acceptors (Lipinski definition) is 3. The number of ketones is 1. The number of Topliss-reactive ketones (excluding diaryl/α,β-unsaturated/α-hetero) is 1. The van der Waals surface area contributed by atoms with E-state index in [4.69, 9.17) is 4.74 Å². The highest BCUT2D eigenvalue weighted by atomic mass is 16.5. The standard InChI is InChI=1S/C17H16N2O2/c1-12-14(6-3-7-16(12)21-2)15(20)11-19-10-4-5-13-8-9-18-17(13)19/h3-10H,11H2,1-2H3. The van der Waals surface area contributed by atoms with E-state index in [2.05, 4.69) is 4.98 Å². The fraction of sp³-hybridized carbons (Fsp3) is 0.176. The van der Waals surface area contributed by atoms with Gasteiger partial charge in [-0.1, -0.05) is 12.1 Å². The number of benzene rings is 1. The summed E-state index contributed by atoms with van der Waals surface area (Å²) in [6.45, 7) is 2.17. The number of methoxy groups -OCH3 is 1. The largest absolute Gasteiger partial charge is 0.496 e. The number of carbonyl (C=O) groups excluding carboxylic acids is 1. The molecule has 1 aromatic rings. The van der Waals surface area contributed by atoms with Crippen LogP contribution in [0.25, 0.3) is 11.4 Å². The highest BCUT2D eigenvalue weighted by molar-refractivity contribution is 5.98. The van der Waals surface area contributed by atoms with Gasteiger partial charge in [-0.25, -0.2) is 4.98 Å². The number of nitrogens with zero attached hydrogens (tertiary/aromatic N) is 2. The van der Waals surface area contributed by atoms with Gasteiger partial charge >= 0.3 is 0 Å². The van der Waals surface area contributed by atoms with Gasteiger partial charge in [0.25, 0.3) is 0 Å². The van der Waals surface area contributed by atoms with Gasteiger partial charge in [0.1, 0.15) is 11.6 Å². The van der Waals surface area contributed by atoms with Crippen LogP contribution in [0, 0.1) is 6.92 Å². The maximum atomic E-state index is 12.6. The van der Waals surface area contributed by atoms with Gasteiger partial charge in [-0.2, -0.15) is 0 Å². The second-order valence-corrected chi connectivity index (χ2v) is 4.92. The van der Waals surface area contributed by atoms with Crippen molar-refractivity contribution in [3.63, 3.8) is 0 Å². The Bertz CT molecular complexity index is 761. The molecule has 0 fully saturated rings. The molecule has 4 nitrogen and oxygen atoms in total. The number of aromatic nitrogens is 2. The van der Waals surface area contributed by atoms with Gasteiger partial charge in [0.05, 0.1) is 13.7 Å². The lowest BCUT2D eigenvalue weighted by atomic mass is 10.0. The van der Waals surface area contributed by atoms with E-state index in [0.717, 1.165) is 22.7 Å². The summed E-state index contributed by atoms with van der Waals surface area (Å²) in [7, 11) is 1.61. The molecule has 0 radical (unpaired) electrons. The Morgan fingerprint density at radius 3 is 2.90 bits per heavy atom. The first-order valence-corrected chi connectivity index (χ1v) is 6.77. The summed E-state index contributed by atoms with van der Waals surface area (Å²) in [6.07, 6.45) is 3.63. The van der Waals surface area contributed by atoms with Gasteiger partial charge in [-0.05, 0) is 31.2 Å². The van der Waals surface area contributed by atoms with Crippen LogP contribution in [0.4, 0.5) is 0 Å². The van der Waals surface area contributed by atoms with Crippen molar-refractivity contribution in [2.45, 2.75) is 13.5 Å². The van der Waals surface area contributed by atoms with Gasteiger partial charge in [0.2, 0.25) is 0 Å². The Balaban J connectivity index is 1.92. The van der Waals surface area contributed by atoms with Crippen molar-refractivity contribution >= 4 is 5.78 Å². The minimum Gasteiger partial charge on any atom is -0.496 e. The number of rotatable bonds is 4. The lowest BCUT2D eigenvalue weighted by Crippen LogP contribution is -2.14. The molecule has 0 saturated carbocycles. The Morgan fingerprint density at radius 1 is 1.24 bits per heavy atom. The average molecular weight is 280 g/mol. The molecule has 21 heavy (non-hydrogen) atoms. The monoisotopic (exact) mass is 280 g/mol. The smallest absolute Gasteiger partial charge is 0.182 e. The van der Waals surface area contributed by atoms with Crippen molar-refractivity contribution in [3.05, 3.63) is 59.9 Å². The number of fused-ring (bicyclic) bond motifs is 1. The lowest BCUT2D eigenvalue weighted by Gasteiger charge is -2.13. The van der Waals surface area contributed by atoms with Gasteiger partial charge in [-0.15, -0.1) is 0 Å².